The van der Waals surface area contributed by atoms with Crippen LogP contribution in [0.4, 0.5) is 26.3 Å². The number of rotatable bonds is 2. The van der Waals surface area contributed by atoms with Crippen molar-refractivity contribution < 1.29 is 46.1 Å². The maximum absolute atomic E-state index is 13.3. The molecule has 4 nitrogen and oxygen atoms in total. The minimum Gasteiger partial charge on any atom is -0.478 e. The summed E-state index contributed by atoms with van der Waals surface area (Å²) in [4.78, 5) is 21.0. The minimum absolute atomic E-state index is 2.02. The van der Waals surface area contributed by atoms with Gasteiger partial charge < -0.3 is 10.2 Å². The maximum Gasteiger partial charge on any atom is 0.422 e. The van der Waals surface area contributed by atoms with Gasteiger partial charge in [0.2, 0.25) is 0 Å². The Hall–Kier alpha value is -2.26. The minimum atomic E-state index is -5.73. The summed E-state index contributed by atoms with van der Waals surface area (Å²) in [5.41, 5.74) is -6.92. The first-order valence-corrected chi connectivity index (χ1v) is 4.24. The summed E-state index contributed by atoms with van der Waals surface area (Å²) < 4.78 is 76.3. The third-order valence-corrected chi connectivity index (χ3v) is 2.03. The molecular formula is C9H2F6O4. The largest absolute Gasteiger partial charge is 0.478 e. The first-order valence-electron chi connectivity index (χ1n) is 4.24. The van der Waals surface area contributed by atoms with Gasteiger partial charge in [-0.1, -0.05) is 0 Å². The van der Waals surface area contributed by atoms with Gasteiger partial charge in [0.05, 0.1) is 0 Å². The van der Waals surface area contributed by atoms with Crippen LogP contribution in [0.1, 0.15) is 26.3 Å². The first-order chi connectivity index (χ1) is 8.50. The Morgan fingerprint density at radius 3 is 1.47 bits per heavy atom. The van der Waals surface area contributed by atoms with E-state index in [1.165, 1.54) is 0 Å². The number of carbonyl (C=O) groups is 2. The van der Waals surface area contributed by atoms with Gasteiger partial charge in [0.25, 0.3) is 0 Å². The van der Waals surface area contributed by atoms with E-state index in [0.29, 0.717) is 0 Å². The molecule has 0 amide bonds. The molecule has 1 aromatic carbocycles. The van der Waals surface area contributed by atoms with Crippen molar-refractivity contribution in [1.29, 1.82) is 0 Å². The van der Waals surface area contributed by atoms with Gasteiger partial charge in [-0.15, -0.1) is 0 Å². The molecular weight excluding hydrogens is 286 g/mol. The van der Waals surface area contributed by atoms with E-state index < -0.39 is 52.3 Å². The predicted molar refractivity (Wildman–Crippen MR) is 45.2 cm³/mol. The lowest BCUT2D eigenvalue weighted by Crippen LogP contribution is -2.22. The summed E-state index contributed by atoms with van der Waals surface area (Å²) in [6.45, 7) is 0. The predicted octanol–water partition coefficient (Wildman–Crippen LogP) is 2.52. The van der Waals surface area contributed by atoms with Crippen LogP contribution < -0.4 is 0 Å². The molecule has 0 aliphatic rings. The van der Waals surface area contributed by atoms with Crippen LogP contribution in [0.15, 0.2) is 0 Å². The first kappa shape index (κ1) is 14.8. The highest BCUT2D eigenvalue weighted by Crippen LogP contribution is 2.37. The zero-order chi connectivity index (χ0) is 15.1. The number of alkyl halides is 3. The molecule has 0 fully saturated rings. The normalized spacial score (nSPS) is 11.5. The zero-order valence-electron chi connectivity index (χ0n) is 8.48. The van der Waals surface area contributed by atoms with Crippen molar-refractivity contribution in [3.05, 3.63) is 34.1 Å². The maximum atomic E-state index is 13.3. The Morgan fingerprint density at radius 1 is 0.789 bits per heavy atom. The van der Waals surface area contributed by atoms with Crippen molar-refractivity contribution in [3.8, 4) is 0 Å². The van der Waals surface area contributed by atoms with Crippen LogP contribution in [0.5, 0.6) is 0 Å². The molecule has 0 unspecified atom stereocenters. The van der Waals surface area contributed by atoms with Gasteiger partial charge in [-0.05, 0) is 0 Å². The van der Waals surface area contributed by atoms with Gasteiger partial charge in [-0.2, -0.15) is 13.2 Å². The third-order valence-electron chi connectivity index (χ3n) is 2.03. The molecule has 0 aliphatic heterocycles. The molecule has 0 bridgehead atoms. The number of hydrogen-bond donors (Lipinski definition) is 2. The molecule has 0 aliphatic carbocycles. The Bertz CT molecular complexity index is 577. The highest BCUT2D eigenvalue weighted by Gasteiger charge is 2.44. The second-order valence-electron chi connectivity index (χ2n) is 3.18. The molecule has 2 N–H and O–H groups in total. The van der Waals surface area contributed by atoms with Gasteiger partial charge in [0, 0.05) is 0 Å². The van der Waals surface area contributed by atoms with E-state index in [9.17, 15) is 35.9 Å². The van der Waals surface area contributed by atoms with Gasteiger partial charge in [-0.25, -0.2) is 22.8 Å². The Morgan fingerprint density at radius 2 is 1.16 bits per heavy atom. The van der Waals surface area contributed by atoms with E-state index in [1.807, 2.05) is 0 Å². The average Bonchev–Trinajstić information content (AvgIpc) is 2.19. The van der Waals surface area contributed by atoms with Crippen LogP contribution in [0.3, 0.4) is 0 Å². The van der Waals surface area contributed by atoms with Gasteiger partial charge in [0.15, 0.2) is 17.5 Å². The molecule has 0 atom stereocenters. The Labute approximate surface area is 99.4 Å². The summed E-state index contributed by atoms with van der Waals surface area (Å²) in [5.74, 6) is -13.0. The van der Waals surface area contributed by atoms with Crippen molar-refractivity contribution in [1.82, 2.24) is 0 Å². The molecule has 0 radical (unpaired) electrons. The molecule has 0 spiro atoms. The van der Waals surface area contributed by atoms with Crippen LogP contribution in [-0.4, -0.2) is 22.2 Å². The molecule has 0 saturated heterocycles. The lowest BCUT2D eigenvalue weighted by molar-refractivity contribution is -0.142. The molecule has 0 saturated carbocycles. The number of aromatic carboxylic acids is 2. The zero-order valence-corrected chi connectivity index (χ0v) is 8.48. The molecule has 0 heterocycles. The summed E-state index contributed by atoms with van der Waals surface area (Å²) in [6.07, 6.45) is -5.73. The van der Waals surface area contributed by atoms with Gasteiger partial charge in [-0.3, -0.25) is 0 Å². The SMILES string of the molecule is O=C(O)c1c(F)c(F)c(C(F)(F)F)c(F)c1C(=O)O. The lowest BCUT2D eigenvalue weighted by Gasteiger charge is -2.13. The lowest BCUT2D eigenvalue weighted by atomic mass is 10.0. The van der Waals surface area contributed by atoms with E-state index in [1.54, 1.807) is 0 Å². The van der Waals surface area contributed by atoms with Crippen molar-refractivity contribution in [3.63, 3.8) is 0 Å². The molecule has 104 valence electrons. The van der Waals surface area contributed by atoms with Crippen molar-refractivity contribution in [2.45, 2.75) is 6.18 Å². The summed E-state index contributed by atoms with van der Waals surface area (Å²) >= 11 is 0. The summed E-state index contributed by atoms with van der Waals surface area (Å²) in [6, 6.07) is 0. The topological polar surface area (TPSA) is 74.6 Å². The number of halogens is 6. The van der Waals surface area contributed by atoms with Crippen LogP contribution in [0.2, 0.25) is 0 Å². The van der Waals surface area contributed by atoms with Crippen LogP contribution in [-0.2, 0) is 6.18 Å². The van der Waals surface area contributed by atoms with Crippen LogP contribution >= 0.6 is 0 Å². The second-order valence-corrected chi connectivity index (χ2v) is 3.18. The summed E-state index contributed by atoms with van der Waals surface area (Å²) in [5, 5.41) is 16.9. The van der Waals surface area contributed by atoms with Gasteiger partial charge >= 0.3 is 18.1 Å². The Balaban J connectivity index is 3.96. The smallest absolute Gasteiger partial charge is 0.422 e. The molecule has 10 heteroatoms. The molecule has 19 heavy (non-hydrogen) atoms. The monoisotopic (exact) mass is 288 g/mol. The van der Waals surface area contributed by atoms with E-state index >= 15 is 0 Å². The fourth-order valence-corrected chi connectivity index (χ4v) is 1.31. The van der Waals surface area contributed by atoms with E-state index in [2.05, 4.69) is 0 Å². The fraction of sp³-hybridized carbons (Fsp3) is 0.111. The van der Waals surface area contributed by atoms with Crippen LogP contribution in [0.25, 0.3) is 0 Å². The van der Waals surface area contributed by atoms with Crippen LogP contribution in [0, 0.1) is 17.5 Å². The fourth-order valence-electron chi connectivity index (χ4n) is 1.31. The highest BCUT2D eigenvalue weighted by molar-refractivity contribution is 6.02. The average molecular weight is 288 g/mol. The number of hydrogen-bond acceptors (Lipinski definition) is 2. The van der Waals surface area contributed by atoms with E-state index in [0.717, 1.165) is 0 Å². The molecule has 0 aromatic heterocycles. The standard InChI is InChI=1S/C9H2F6O4/c10-4-1(7(16)17)2(8(18)19)5(11)6(12)3(4)9(13,14)15/h(H,16,17)(H,18,19). The van der Waals surface area contributed by atoms with Gasteiger partial charge in [0.1, 0.15) is 16.7 Å². The van der Waals surface area contributed by atoms with Crippen molar-refractivity contribution in [2.75, 3.05) is 0 Å². The number of carboxylic acid groups (broad SMARTS) is 2. The quantitative estimate of drug-likeness (QED) is 0.647. The number of benzene rings is 1. The second kappa shape index (κ2) is 4.44. The molecule has 1 rings (SSSR count). The van der Waals surface area contributed by atoms with Crippen molar-refractivity contribution in [2.24, 2.45) is 0 Å². The summed E-state index contributed by atoms with van der Waals surface area (Å²) in [7, 11) is 0. The molecule has 1 aromatic rings. The highest BCUT2D eigenvalue weighted by atomic mass is 19.4. The number of carboxylic acids is 2. The van der Waals surface area contributed by atoms with Crippen molar-refractivity contribution >= 4 is 11.9 Å². The third kappa shape index (κ3) is 2.33. The van der Waals surface area contributed by atoms with E-state index in [-0.39, 0.29) is 0 Å². The van der Waals surface area contributed by atoms with E-state index in [4.69, 9.17) is 10.2 Å². The Kier molecular flexibility index (Phi) is 3.46.